The Morgan fingerprint density at radius 3 is 3.00 bits per heavy atom. The highest BCUT2D eigenvalue weighted by atomic mass is 19.1. The Labute approximate surface area is 88.8 Å². The van der Waals surface area contributed by atoms with Crippen molar-refractivity contribution >= 4 is 5.78 Å². The van der Waals surface area contributed by atoms with Crippen LogP contribution in [0.3, 0.4) is 0 Å². The molecule has 0 saturated heterocycles. The lowest BCUT2D eigenvalue weighted by Gasteiger charge is -2.04. The third-order valence-corrected chi connectivity index (χ3v) is 2.00. The van der Waals surface area contributed by atoms with Crippen molar-refractivity contribution < 1.29 is 9.18 Å². The van der Waals surface area contributed by atoms with Crippen LogP contribution in [0.4, 0.5) is 4.39 Å². The van der Waals surface area contributed by atoms with Gasteiger partial charge in [-0.15, -0.1) is 6.58 Å². The van der Waals surface area contributed by atoms with E-state index in [-0.39, 0.29) is 17.9 Å². The van der Waals surface area contributed by atoms with Crippen LogP contribution >= 0.6 is 0 Å². The van der Waals surface area contributed by atoms with Crippen molar-refractivity contribution in [1.29, 1.82) is 0 Å². The van der Waals surface area contributed by atoms with Gasteiger partial charge in [-0.25, -0.2) is 4.39 Å². The van der Waals surface area contributed by atoms with E-state index < -0.39 is 5.82 Å². The maximum Gasteiger partial charge on any atom is 0.179 e. The Balaban J connectivity index is 2.72. The second kappa shape index (κ2) is 5.41. The fraction of sp³-hybridized carbons (Fsp3) is 0.250. The molecule has 0 amide bonds. The van der Waals surface area contributed by atoms with Crippen molar-refractivity contribution in [2.75, 3.05) is 13.1 Å². The molecule has 1 aromatic rings. The molecule has 0 aliphatic carbocycles. The Bertz CT molecular complexity index is 374. The molecule has 3 heteroatoms. The lowest BCUT2D eigenvalue weighted by molar-refractivity contribution is 0.0988. The molecule has 0 aliphatic rings. The Morgan fingerprint density at radius 2 is 2.33 bits per heavy atom. The predicted molar refractivity (Wildman–Crippen MR) is 58.5 cm³/mol. The molecule has 1 N–H and O–H groups in total. The summed E-state index contributed by atoms with van der Waals surface area (Å²) in [7, 11) is 0. The summed E-state index contributed by atoms with van der Waals surface area (Å²) in [6, 6.07) is 4.52. The van der Waals surface area contributed by atoms with Gasteiger partial charge >= 0.3 is 0 Å². The smallest absolute Gasteiger partial charge is 0.179 e. The predicted octanol–water partition coefficient (Wildman–Crippen LogP) is 2.09. The summed E-state index contributed by atoms with van der Waals surface area (Å²) in [6.07, 6.45) is 1.65. The summed E-state index contributed by atoms with van der Waals surface area (Å²) in [5.74, 6) is -0.705. The molecule has 2 nitrogen and oxygen atoms in total. The molecule has 0 aliphatic heterocycles. The van der Waals surface area contributed by atoms with Crippen LogP contribution in [-0.4, -0.2) is 18.9 Å². The van der Waals surface area contributed by atoms with Crippen molar-refractivity contribution in [2.24, 2.45) is 0 Å². The zero-order chi connectivity index (χ0) is 11.3. The van der Waals surface area contributed by atoms with Gasteiger partial charge in [-0.3, -0.25) is 4.79 Å². The van der Waals surface area contributed by atoms with Crippen molar-refractivity contribution in [1.82, 2.24) is 5.32 Å². The average molecular weight is 207 g/mol. The minimum absolute atomic E-state index is 0.131. The van der Waals surface area contributed by atoms with E-state index in [9.17, 15) is 9.18 Å². The van der Waals surface area contributed by atoms with Crippen molar-refractivity contribution in [3.05, 3.63) is 47.8 Å². The number of aryl methyl sites for hydroxylation is 1. The number of carbonyl (C=O) groups is 1. The van der Waals surface area contributed by atoms with Crippen LogP contribution in [-0.2, 0) is 0 Å². The normalized spacial score (nSPS) is 10.0. The van der Waals surface area contributed by atoms with E-state index in [1.165, 1.54) is 6.07 Å². The molecule has 0 spiro atoms. The highest BCUT2D eigenvalue weighted by molar-refractivity contribution is 5.98. The molecule has 0 saturated carbocycles. The molecule has 15 heavy (non-hydrogen) atoms. The zero-order valence-corrected chi connectivity index (χ0v) is 8.72. The van der Waals surface area contributed by atoms with E-state index in [4.69, 9.17) is 0 Å². The Kier molecular flexibility index (Phi) is 4.18. The maximum absolute atomic E-state index is 13.3. The lowest BCUT2D eigenvalue weighted by atomic mass is 10.1. The monoisotopic (exact) mass is 207 g/mol. The number of hydrogen-bond donors (Lipinski definition) is 1. The fourth-order valence-corrected chi connectivity index (χ4v) is 1.24. The number of hydrogen-bond acceptors (Lipinski definition) is 2. The molecule has 80 valence electrons. The highest BCUT2D eigenvalue weighted by Crippen LogP contribution is 2.10. The summed E-state index contributed by atoms with van der Waals surface area (Å²) in [5, 5.41) is 2.85. The molecule has 1 rings (SSSR count). The molecule has 0 atom stereocenters. The van der Waals surface area contributed by atoms with E-state index >= 15 is 0 Å². The van der Waals surface area contributed by atoms with Gasteiger partial charge in [0.05, 0.1) is 12.1 Å². The lowest BCUT2D eigenvalue weighted by Crippen LogP contribution is -2.23. The first kappa shape index (κ1) is 11.6. The largest absolute Gasteiger partial charge is 0.306 e. The standard InChI is InChI=1S/C12H14FNO/c1-3-6-14-8-12(15)10-7-9(2)4-5-11(10)13/h3-5,7,14H,1,6,8H2,2H3. The third kappa shape index (κ3) is 3.29. The van der Waals surface area contributed by atoms with Gasteiger partial charge in [0.1, 0.15) is 5.82 Å². The third-order valence-electron chi connectivity index (χ3n) is 2.00. The molecule has 0 unspecified atom stereocenters. The fourth-order valence-electron chi connectivity index (χ4n) is 1.24. The van der Waals surface area contributed by atoms with Crippen LogP contribution in [0.25, 0.3) is 0 Å². The second-order valence-electron chi connectivity index (χ2n) is 3.33. The number of Topliss-reactive ketones (excluding diaryl/α,β-unsaturated/α-hetero) is 1. The molecule has 0 radical (unpaired) electrons. The highest BCUT2D eigenvalue weighted by Gasteiger charge is 2.10. The molecule has 0 bridgehead atoms. The van der Waals surface area contributed by atoms with E-state index in [1.54, 1.807) is 18.2 Å². The molecule has 0 aromatic heterocycles. The van der Waals surface area contributed by atoms with Crippen LogP contribution in [0, 0.1) is 12.7 Å². The molecular weight excluding hydrogens is 193 g/mol. The average Bonchev–Trinajstić information content (AvgIpc) is 2.22. The van der Waals surface area contributed by atoms with Crippen LogP contribution in [0.2, 0.25) is 0 Å². The zero-order valence-electron chi connectivity index (χ0n) is 8.72. The van der Waals surface area contributed by atoms with E-state index in [0.29, 0.717) is 6.54 Å². The SMILES string of the molecule is C=CCNCC(=O)c1cc(C)ccc1F. The number of rotatable bonds is 5. The van der Waals surface area contributed by atoms with Gasteiger partial charge in [0.15, 0.2) is 5.78 Å². The number of halogens is 1. The van der Waals surface area contributed by atoms with Crippen LogP contribution < -0.4 is 5.32 Å². The molecular formula is C12H14FNO. The van der Waals surface area contributed by atoms with Crippen molar-refractivity contribution in [3.63, 3.8) is 0 Å². The van der Waals surface area contributed by atoms with Gasteiger partial charge in [0, 0.05) is 6.54 Å². The number of benzene rings is 1. The summed E-state index contributed by atoms with van der Waals surface area (Å²) < 4.78 is 13.3. The summed E-state index contributed by atoms with van der Waals surface area (Å²) in [4.78, 5) is 11.6. The van der Waals surface area contributed by atoms with E-state index in [2.05, 4.69) is 11.9 Å². The van der Waals surface area contributed by atoms with Crippen LogP contribution in [0.1, 0.15) is 15.9 Å². The van der Waals surface area contributed by atoms with Crippen LogP contribution in [0.5, 0.6) is 0 Å². The minimum atomic E-state index is -0.467. The number of nitrogens with one attached hydrogen (secondary N) is 1. The van der Waals surface area contributed by atoms with Crippen molar-refractivity contribution in [3.8, 4) is 0 Å². The van der Waals surface area contributed by atoms with Gasteiger partial charge < -0.3 is 5.32 Å². The molecule has 0 fully saturated rings. The summed E-state index contributed by atoms with van der Waals surface area (Å²) in [6.45, 7) is 6.01. The first-order valence-corrected chi connectivity index (χ1v) is 4.76. The van der Waals surface area contributed by atoms with Gasteiger partial charge in [-0.05, 0) is 19.1 Å². The maximum atomic E-state index is 13.3. The van der Waals surface area contributed by atoms with Gasteiger partial charge in [0.2, 0.25) is 0 Å². The van der Waals surface area contributed by atoms with Gasteiger partial charge in [0.25, 0.3) is 0 Å². The van der Waals surface area contributed by atoms with E-state index in [1.807, 2.05) is 6.92 Å². The Morgan fingerprint density at radius 1 is 1.60 bits per heavy atom. The van der Waals surface area contributed by atoms with E-state index in [0.717, 1.165) is 5.56 Å². The number of carbonyl (C=O) groups excluding carboxylic acids is 1. The van der Waals surface area contributed by atoms with Crippen LogP contribution in [0.15, 0.2) is 30.9 Å². The second-order valence-corrected chi connectivity index (χ2v) is 3.33. The Hall–Kier alpha value is -1.48. The first-order chi connectivity index (χ1) is 7.15. The summed E-state index contributed by atoms with van der Waals surface area (Å²) in [5.41, 5.74) is 1.02. The molecule has 0 heterocycles. The van der Waals surface area contributed by atoms with Gasteiger partial charge in [-0.2, -0.15) is 0 Å². The van der Waals surface area contributed by atoms with Crippen molar-refractivity contribution in [2.45, 2.75) is 6.92 Å². The quantitative estimate of drug-likeness (QED) is 0.455. The van der Waals surface area contributed by atoms with Gasteiger partial charge in [-0.1, -0.05) is 17.7 Å². The first-order valence-electron chi connectivity index (χ1n) is 4.76. The minimum Gasteiger partial charge on any atom is -0.306 e. The number of ketones is 1. The molecule has 1 aromatic carbocycles. The topological polar surface area (TPSA) is 29.1 Å². The summed E-state index contributed by atoms with van der Waals surface area (Å²) >= 11 is 0.